The maximum atomic E-state index is 12.6. The van der Waals surface area contributed by atoms with Crippen molar-refractivity contribution >= 4 is 50.1 Å². The van der Waals surface area contributed by atoms with Gasteiger partial charge in [0.05, 0.1) is 40.9 Å². The second kappa shape index (κ2) is 7.75. The summed E-state index contributed by atoms with van der Waals surface area (Å²) >= 11 is 6.40. The Labute approximate surface area is 173 Å². The largest absolute Gasteiger partial charge is 0.389 e. The molecule has 0 spiro atoms. The molecular weight excluding hydrogens is 448 g/mol. The standard InChI is InChI=1S/C18H17BrN4O2S2/c1-10-17(27-16(8-24)21-10)12-9-26-15(22-12)5-14(25)11-6-23(7-11)13-3-2-4-20-18(13)19/h2-4,9,11,24H,5-8H2,1H3. The van der Waals surface area contributed by atoms with Crippen molar-refractivity contribution < 1.29 is 9.90 Å². The van der Waals surface area contributed by atoms with E-state index in [1.165, 1.54) is 22.7 Å². The molecule has 6 nitrogen and oxygen atoms in total. The van der Waals surface area contributed by atoms with E-state index in [0.29, 0.717) is 11.4 Å². The first-order valence-corrected chi connectivity index (χ1v) is 10.9. The van der Waals surface area contributed by atoms with Gasteiger partial charge in [-0.05, 0) is 35.0 Å². The highest BCUT2D eigenvalue weighted by Gasteiger charge is 2.33. The maximum Gasteiger partial charge on any atom is 0.146 e. The van der Waals surface area contributed by atoms with Crippen LogP contribution in [0.5, 0.6) is 0 Å². The van der Waals surface area contributed by atoms with Crippen LogP contribution in [0.25, 0.3) is 10.6 Å². The van der Waals surface area contributed by atoms with Crippen LogP contribution in [0.1, 0.15) is 15.7 Å². The van der Waals surface area contributed by atoms with E-state index in [4.69, 9.17) is 0 Å². The van der Waals surface area contributed by atoms with Gasteiger partial charge in [0.2, 0.25) is 0 Å². The number of thiazole rings is 2. The Morgan fingerprint density at radius 1 is 1.37 bits per heavy atom. The topological polar surface area (TPSA) is 79.2 Å². The molecule has 4 heterocycles. The highest BCUT2D eigenvalue weighted by atomic mass is 79.9. The summed E-state index contributed by atoms with van der Waals surface area (Å²) in [6.45, 7) is 3.28. The van der Waals surface area contributed by atoms with E-state index in [1.54, 1.807) is 6.20 Å². The number of aryl methyl sites for hydroxylation is 1. The second-order valence-corrected chi connectivity index (χ2v) is 9.14. The van der Waals surface area contributed by atoms with Crippen molar-refractivity contribution in [1.29, 1.82) is 0 Å². The van der Waals surface area contributed by atoms with Crippen molar-refractivity contribution in [3.8, 4) is 10.6 Å². The van der Waals surface area contributed by atoms with Crippen LogP contribution in [0.2, 0.25) is 0 Å². The summed E-state index contributed by atoms with van der Waals surface area (Å²) in [4.78, 5) is 28.9. The van der Waals surface area contributed by atoms with E-state index in [2.05, 4.69) is 35.8 Å². The molecule has 0 saturated carbocycles. The van der Waals surface area contributed by atoms with Crippen LogP contribution >= 0.6 is 38.6 Å². The number of hydrogen-bond donors (Lipinski definition) is 1. The summed E-state index contributed by atoms with van der Waals surface area (Å²) in [6.07, 6.45) is 2.10. The molecule has 27 heavy (non-hydrogen) atoms. The fraction of sp³-hybridized carbons (Fsp3) is 0.333. The highest BCUT2D eigenvalue weighted by molar-refractivity contribution is 9.10. The van der Waals surface area contributed by atoms with E-state index in [1.807, 2.05) is 24.4 Å². The summed E-state index contributed by atoms with van der Waals surface area (Å²) in [5.41, 5.74) is 2.73. The predicted molar refractivity (Wildman–Crippen MR) is 110 cm³/mol. The summed E-state index contributed by atoms with van der Waals surface area (Å²) in [7, 11) is 0. The minimum atomic E-state index is -0.0633. The van der Waals surface area contributed by atoms with Crippen LogP contribution in [0, 0.1) is 12.8 Å². The van der Waals surface area contributed by atoms with Gasteiger partial charge in [-0.3, -0.25) is 4.79 Å². The van der Waals surface area contributed by atoms with Crippen molar-refractivity contribution in [2.75, 3.05) is 18.0 Å². The van der Waals surface area contributed by atoms with Gasteiger partial charge >= 0.3 is 0 Å². The Bertz CT molecular complexity index is 981. The van der Waals surface area contributed by atoms with Crippen molar-refractivity contribution in [2.24, 2.45) is 5.92 Å². The van der Waals surface area contributed by atoms with E-state index < -0.39 is 0 Å². The molecule has 1 N–H and O–H groups in total. The van der Waals surface area contributed by atoms with Gasteiger partial charge in [-0.25, -0.2) is 15.0 Å². The molecule has 3 aromatic rings. The molecular formula is C18H17BrN4O2S2. The third-order valence-electron chi connectivity index (χ3n) is 4.50. The number of rotatable bonds is 6. The van der Waals surface area contributed by atoms with Crippen LogP contribution in [-0.4, -0.2) is 38.9 Å². The lowest BCUT2D eigenvalue weighted by molar-refractivity contribution is -0.122. The average molecular weight is 465 g/mol. The Hall–Kier alpha value is -1.68. The SMILES string of the molecule is Cc1nc(CO)sc1-c1csc(CC(=O)C2CN(c3cccnc3Br)C2)n1. The lowest BCUT2D eigenvalue weighted by Gasteiger charge is -2.40. The Morgan fingerprint density at radius 3 is 2.89 bits per heavy atom. The predicted octanol–water partition coefficient (Wildman–Crippen LogP) is 3.47. The van der Waals surface area contributed by atoms with Crippen molar-refractivity contribution in [2.45, 2.75) is 20.0 Å². The molecule has 1 fully saturated rings. The van der Waals surface area contributed by atoms with E-state index >= 15 is 0 Å². The number of aromatic nitrogens is 3. The first-order valence-electron chi connectivity index (χ1n) is 8.45. The molecule has 0 aliphatic carbocycles. The minimum absolute atomic E-state index is 0.0376. The average Bonchev–Trinajstić information content (AvgIpc) is 3.21. The van der Waals surface area contributed by atoms with Gasteiger partial charge < -0.3 is 10.0 Å². The summed E-state index contributed by atoms with van der Waals surface area (Å²) in [5.74, 6) is 0.264. The first kappa shape index (κ1) is 18.7. The third-order valence-corrected chi connectivity index (χ3v) is 7.13. The molecule has 0 radical (unpaired) electrons. The monoisotopic (exact) mass is 464 g/mol. The summed E-state index contributed by atoms with van der Waals surface area (Å²) in [5, 5.41) is 12.7. The highest BCUT2D eigenvalue weighted by Crippen LogP contribution is 2.33. The zero-order valence-corrected chi connectivity index (χ0v) is 17.8. The van der Waals surface area contributed by atoms with Gasteiger partial charge in [0, 0.05) is 24.7 Å². The normalized spacial score (nSPS) is 14.4. The third kappa shape index (κ3) is 3.82. The van der Waals surface area contributed by atoms with E-state index in [9.17, 15) is 9.90 Å². The smallest absolute Gasteiger partial charge is 0.146 e. The number of carbonyl (C=O) groups is 1. The molecule has 0 unspecified atom stereocenters. The van der Waals surface area contributed by atoms with E-state index in [0.717, 1.165) is 44.7 Å². The zero-order valence-electron chi connectivity index (χ0n) is 14.6. The molecule has 140 valence electrons. The van der Waals surface area contributed by atoms with Crippen LogP contribution < -0.4 is 4.90 Å². The summed E-state index contributed by atoms with van der Waals surface area (Å²) < 4.78 is 0.808. The molecule has 1 aliphatic rings. The van der Waals surface area contributed by atoms with Gasteiger partial charge in [0.25, 0.3) is 0 Å². The molecule has 3 aromatic heterocycles. The first-order chi connectivity index (χ1) is 13.0. The molecule has 0 atom stereocenters. The fourth-order valence-electron chi connectivity index (χ4n) is 3.04. The number of pyridine rings is 1. The van der Waals surface area contributed by atoms with Crippen molar-refractivity contribution in [3.63, 3.8) is 0 Å². The van der Waals surface area contributed by atoms with Crippen LogP contribution in [0.4, 0.5) is 5.69 Å². The second-order valence-electron chi connectivity index (χ2n) is 6.37. The number of halogens is 1. The molecule has 9 heteroatoms. The number of Topliss-reactive ketones (excluding diaryl/α,β-unsaturated/α-hetero) is 1. The molecule has 4 rings (SSSR count). The van der Waals surface area contributed by atoms with Gasteiger partial charge in [0.15, 0.2) is 0 Å². The van der Waals surface area contributed by atoms with Crippen molar-refractivity contribution in [3.05, 3.63) is 44.0 Å². The number of carbonyl (C=O) groups excluding carboxylic acids is 1. The number of nitrogens with zero attached hydrogens (tertiary/aromatic N) is 4. The Kier molecular flexibility index (Phi) is 5.36. The van der Waals surface area contributed by atoms with Crippen molar-refractivity contribution in [1.82, 2.24) is 15.0 Å². The Morgan fingerprint density at radius 2 is 2.19 bits per heavy atom. The fourth-order valence-corrected chi connectivity index (χ4v) is 5.30. The summed E-state index contributed by atoms with van der Waals surface area (Å²) in [6, 6.07) is 3.90. The van der Waals surface area contributed by atoms with Gasteiger partial charge in [0.1, 0.15) is 20.4 Å². The van der Waals surface area contributed by atoms with Gasteiger partial charge in [-0.1, -0.05) is 0 Å². The molecule has 1 saturated heterocycles. The number of aliphatic hydroxyl groups excluding tert-OH is 1. The zero-order chi connectivity index (χ0) is 19.0. The lowest BCUT2D eigenvalue weighted by Crippen LogP contribution is -2.51. The molecule has 0 aromatic carbocycles. The molecule has 1 aliphatic heterocycles. The van der Waals surface area contributed by atoms with Crippen LogP contribution in [-0.2, 0) is 17.8 Å². The lowest BCUT2D eigenvalue weighted by atomic mass is 9.93. The van der Waals surface area contributed by atoms with Crippen LogP contribution in [0.3, 0.4) is 0 Å². The van der Waals surface area contributed by atoms with Gasteiger partial charge in [-0.2, -0.15) is 0 Å². The number of anilines is 1. The number of hydrogen-bond acceptors (Lipinski definition) is 8. The quantitative estimate of drug-likeness (QED) is 0.562. The van der Waals surface area contributed by atoms with E-state index in [-0.39, 0.29) is 18.3 Å². The number of ketones is 1. The Balaban J connectivity index is 1.38. The number of aliphatic hydroxyl groups is 1. The van der Waals surface area contributed by atoms with Gasteiger partial charge in [-0.15, -0.1) is 22.7 Å². The molecule has 0 bridgehead atoms. The molecule has 0 amide bonds. The minimum Gasteiger partial charge on any atom is -0.389 e. The van der Waals surface area contributed by atoms with Crippen LogP contribution in [0.15, 0.2) is 28.3 Å². The maximum absolute atomic E-state index is 12.6.